The van der Waals surface area contributed by atoms with Crippen molar-refractivity contribution in [2.45, 2.75) is 123 Å². The summed E-state index contributed by atoms with van der Waals surface area (Å²) in [7, 11) is 0. The second-order valence-corrected chi connectivity index (χ2v) is 28.7. The Morgan fingerprint density at radius 3 is 1.71 bits per heavy atom. The van der Waals surface area contributed by atoms with Crippen molar-refractivity contribution in [1.29, 1.82) is 0 Å². The second-order valence-electron chi connectivity index (χ2n) is 21.7. The van der Waals surface area contributed by atoms with Gasteiger partial charge in [-0.2, -0.15) is 0 Å². The molecule has 3 heteroatoms. The topological polar surface area (TPSA) is 0 Å². The van der Waals surface area contributed by atoms with Crippen LogP contribution in [0.5, 0.6) is 0 Å². The van der Waals surface area contributed by atoms with Crippen LogP contribution in [-0.2, 0) is 24.4 Å². The van der Waals surface area contributed by atoms with Crippen molar-refractivity contribution in [2.24, 2.45) is 40.4 Å². The average molecular weight is 937 g/mol. The predicted molar refractivity (Wildman–Crippen MR) is 252 cm³/mol. The first-order chi connectivity index (χ1) is 28.8. The predicted octanol–water partition coefficient (Wildman–Crippen LogP) is 9.46. The van der Waals surface area contributed by atoms with Gasteiger partial charge in [-0.25, -0.2) is 0 Å². The van der Waals surface area contributed by atoms with Crippen LogP contribution in [0.4, 0.5) is 0 Å². The van der Waals surface area contributed by atoms with E-state index in [9.17, 15) is 0 Å². The van der Waals surface area contributed by atoms with Gasteiger partial charge in [-0.05, 0) is 0 Å². The van der Waals surface area contributed by atoms with Crippen LogP contribution in [0.2, 0.25) is 0 Å². The van der Waals surface area contributed by atoms with Gasteiger partial charge >= 0.3 is 372 Å². The zero-order valence-electron chi connectivity index (χ0n) is 38.9. The zero-order chi connectivity index (χ0) is 41.6. The molecular weight excluding hydrogens is 871 g/mol. The van der Waals surface area contributed by atoms with Gasteiger partial charge in [0.2, 0.25) is 0 Å². The maximum Gasteiger partial charge on any atom is -1.00 e. The van der Waals surface area contributed by atoms with E-state index in [2.05, 4.69) is 172 Å². The van der Waals surface area contributed by atoms with Crippen molar-refractivity contribution in [1.82, 2.24) is 0 Å². The van der Waals surface area contributed by atoms with Crippen molar-refractivity contribution in [3.8, 4) is 11.1 Å². The first kappa shape index (κ1) is 44.4. The second kappa shape index (κ2) is 15.7. The molecule has 0 aliphatic heterocycles. The van der Waals surface area contributed by atoms with Crippen LogP contribution in [0, 0.1) is 61.2 Å². The molecule has 0 radical (unpaired) electrons. The van der Waals surface area contributed by atoms with E-state index in [1.807, 2.05) is 0 Å². The summed E-state index contributed by atoms with van der Waals surface area (Å²) in [6.07, 6.45) is 14.7. The fraction of sp³-hybridized carbons (Fsp3) is 0.441. The van der Waals surface area contributed by atoms with Gasteiger partial charge in [0.05, 0.1) is 0 Å². The molecule has 0 heterocycles. The molecule has 5 aromatic rings. The third kappa shape index (κ3) is 6.09. The summed E-state index contributed by atoms with van der Waals surface area (Å²) < 4.78 is 3.47. The number of benzene rings is 5. The Labute approximate surface area is 393 Å². The van der Waals surface area contributed by atoms with Gasteiger partial charge in [-0.3, -0.25) is 0 Å². The summed E-state index contributed by atoms with van der Waals surface area (Å²) in [5.74, 6) is 4.66. The van der Waals surface area contributed by atoms with Crippen molar-refractivity contribution in [2.75, 3.05) is 0 Å². The molecule has 0 spiro atoms. The van der Waals surface area contributed by atoms with E-state index in [-0.39, 0.29) is 33.4 Å². The Morgan fingerprint density at radius 1 is 0.613 bits per heavy atom. The SMILES string of the molecule is CC1=CC(C)(C23CC4CC(CC(C4)C2)C3)C=[C]1[Zr+2](=[C](c1ccccc1)c1ccccc1)[C]1(C)c2c3c(c4ccccc4c2C(C)C(C)C1C)-c1cc(C)c(C)c(C)c1C3C.[Cl-].[Cl-]. The molecule has 6 atom stereocenters. The Bertz CT molecular complexity index is 2640. The number of rotatable bonds is 5. The van der Waals surface area contributed by atoms with Crippen molar-refractivity contribution < 1.29 is 46.1 Å². The Hall–Kier alpha value is -2.83. The summed E-state index contributed by atoms with van der Waals surface area (Å²) in [4.78, 5) is 0. The van der Waals surface area contributed by atoms with Gasteiger partial charge in [0.15, 0.2) is 0 Å². The first-order valence-corrected chi connectivity index (χ1v) is 27.4. The number of aryl methyl sites for hydroxylation is 1. The van der Waals surface area contributed by atoms with Crippen LogP contribution >= 0.6 is 0 Å². The third-order valence-corrected chi connectivity index (χ3v) is 28.4. The smallest absolute Gasteiger partial charge is 1.00 e. The van der Waals surface area contributed by atoms with Crippen molar-refractivity contribution in [3.05, 3.63) is 162 Å². The molecule has 0 aromatic heterocycles. The summed E-state index contributed by atoms with van der Waals surface area (Å²) in [6.45, 7) is 25.8. The standard InChI is InChI=1S/C29H33.C17H23.C13H10.2ClH.Zr/c1-14-13-24-25(18(5)15(14)2)21(8)28-27-20(7)17(4)16(3)19(6)26(27)22-11-9-10-12-23(22)29(24)28;1-12-3-4-16(2,8-12)17-9-13-5-14(10-17)7-15(6-13)11-17;1-3-7-12(8-4-1)11-13-9-5-2-6-10-13;;;/h9-13,16-17,19,21H,1-8H3;4,8,13-15H,5-7,9-11H2,1-2H3;1-10H;2*1H;/q;;;;;+2/p-2. The van der Waals surface area contributed by atoms with Gasteiger partial charge in [0, 0.05) is 0 Å². The molecule has 0 N–H and O–H groups in total. The van der Waals surface area contributed by atoms with E-state index in [1.54, 1.807) is 39.9 Å². The summed E-state index contributed by atoms with van der Waals surface area (Å²) in [5.41, 5.74) is 19.1. The molecule has 320 valence electrons. The van der Waals surface area contributed by atoms with E-state index >= 15 is 0 Å². The first-order valence-electron chi connectivity index (χ1n) is 23.7. The van der Waals surface area contributed by atoms with Gasteiger partial charge in [0.1, 0.15) is 0 Å². The van der Waals surface area contributed by atoms with Crippen LogP contribution in [0.1, 0.15) is 149 Å². The summed E-state index contributed by atoms with van der Waals surface area (Å²) >= 11 is -3.19. The molecule has 0 saturated heterocycles. The van der Waals surface area contributed by atoms with Crippen LogP contribution in [-0.4, -0.2) is 3.21 Å². The van der Waals surface area contributed by atoms with Crippen LogP contribution in [0.15, 0.2) is 112 Å². The normalized spacial score (nSPS) is 32.1. The van der Waals surface area contributed by atoms with E-state index in [0.717, 1.165) is 17.8 Å². The van der Waals surface area contributed by atoms with Crippen LogP contribution < -0.4 is 24.8 Å². The number of hydrogen-bond acceptors (Lipinski definition) is 0. The Balaban J connectivity index is 0.00000245. The largest absolute Gasteiger partial charge is 1.00 e. The third-order valence-electron chi connectivity index (χ3n) is 18.8. The number of hydrogen-bond donors (Lipinski definition) is 0. The Morgan fingerprint density at radius 2 is 1.15 bits per heavy atom. The molecule has 4 fully saturated rings. The minimum Gasteiger partial charge on any atom is -1.00 e. The molecule has 4 saturated carbocycles. The minimum atomic E-state index is -3.19. The van der Waals surface area contributed by atoms with Gasteiger partial charge < -0.3 is 24.8 Å². The van der Waals surface area contributed by atoms with Gasteiger partial charge in [0.25, 0.3) is 0 Å². The molecule has 7 aliphatic rings. The fourth-order valence-electron chi connectivity index (χ4n) is 15.7. The summed E-state index contributed by atoms with van der Waals surface area (Å²) in [6, 6.07) is 35.8. The van der Waals surface area contributed by atoms with Crippen molar-refractivity contribution in [3.63, 3.8) is 0 Å². The molecule has 5 aromatic carbocycles. The molecule has 4 bridgehead atoms. The molecule has 0 amide bonds. The molecule has 0 nitrogen and oxygen atoms in total. The van der Waals surface area contributed by atoms with Crippen LogP contribution in [0.25, 0.3) is 21.9 Å². The van der Waals surface area contributed by atoms with Gasteiger partial charge in [-0.1, -0.05) is 0 Å². The zero-order valence-corrected chi connectivity index (χ0v) is 42.8. The van der Waals surface area contributed by atoms with E-state index in [1.165, 1.54) is 82.7 Å². The monoisotopic (exact) mass is 934 g/mol. The number of fused-ring (bicyclic) bond motifs is 8. The van der Waals surface area contributed by atoms with E-state index in [0.29, 0.717) is 29.1 Å². The maximum atomic E-state index is 3.01. The fourth-order valence-corrected chi connectivity index (χ4v) is 26.6. The quantitative estimate of drug-likeness (QED) is 0.165. The maximum absolute atomic E-state index is 3.19. The van der Waals surface area contributed by atoms with E-state index in [4.69, 9.17) is 0 Å². The van der Waals surface area contributed by atoms with Crippen LogP contribution in [0.3, 0.4) is 0 Å². The minimum absolute atomic E-state index is 0. The average Bonchev–Trinajstić information content (AvgIpc) is 3.72. The molecular formula is C59H66Cl2Zr. The number of allylic oxidation sites excluding steroid dienone is 4. The molecule has 7 aliphatic carbocycles. The van der Waals surface area contributed by atoms with E-state index < -0.39 is 21.3 Å². The molecule has 62 heavy (non-hydrogen) atoms. The van der Waals surface area contributed by atoms with Crippen molar-refractivity contribution >= 4 is 14.0 Å². The van der Waals surface area contributed by atoms with Gasteiger partial charge in [-0.15, -0.1) is 0 Å². The number of halogens is 2. The molecule has 12 rings (SSSR count). The molecule has 6 unspecified atom stereocenters. The summed E-state index contributed by atoms with van der Waals surface area (Å²) in [5, 5.41) is 2.98. The Kier molecular flexibility index (Phi) is 11.2.